The zero-order valence-electron chi connectivity index (χ0n) is 9.33. The van der Waals surface area contributed by atoms with Gasteiger partial charge in [-0.2, -0.15) is 0 Å². The van der Waals surface area contributed by atoms with Crippen molar-refractivity contribution in [2.45, 2.75) is 39.7 Å². The standard InChI is InChI=1S/C12H18O2/c1-9(2)11-5-7-12(4,8-6-11)14-10(3)13/h5-7,9H,8H2,1-4H3. The molecular weight excluding hydrogens is 176 g/mol. The lowest BCUT2D eigenvalue weighted by molar-refractivity contribution is -0.150. The van der Waals surface area contributed by atoms with Crippen molar-refractivity contribution in [3.05, 3.63) is 23.8 Å². The van der Waals surface area contributed by atoms with E-state index in [2.05, 4.69) is 26.0 Å². The molecule has 0 fully saturated rings. The predicted molar refractivity (Wildman–Crippen MR) is 56.8 cm³/mol. The molecule has 0 spiro atoms. The van der Waals surface area contributed by atoms with Crippen LogP contribution in [0.25, 0.3) is 0 Å². The molecule has 0 saturated carbocycles. The number of esters is 1. The minimum Gasteiger partial charge on any atom is -0.455 e. The van der Waals surface area contributed by atoms with Gasteiger partial charge in [0.2, 0.25) is 0 Å². The molecule has 0 N–H and O–H groups in total. The van der Waals surface area contributed by atoms with Gasteiger partial charge in [-0.15, -0.1) is 0 Å². The van der Waals surface area contributed by atoms with Crippen LogP contribution in [0.5, 0.6) is 0 Å². The first-order chi connectivity index (χ1) is 6.43. The van der Waals surface area contributed by atoms with Crippen molar-refractivity contribution < 1.29 is 9.53 Å². The van der Waals surface area contributed by atoms with Crippen LogP contribution in [0.2, 0.25) is 0 Å². The molecule has 0 aromatic rings. The van der Waals surface area contributed by atoms with Crippen molar-refractivity contribution >= 4 is 5.97 Å². The Hall–Kier alpha value is -1.05. The Morgan fingerprint density at radius 3 is 2.57 bits per heavy atom. The summed E-state index contributed by atoms with van der Waals surface area (Å²) in [4.78, 5) is 10.9. The van der Waals surface area contributed by atoms with E-state index in [-0.39, 0.29) is 5.97 Å². The number of carbonyl (C=O) groups excluding carboxylic acids is 1. The highest BCUT2D eigenvalue weighted by atomic mass is 16.6. The topological polar surface area (TPSA) is 26.3 Å². The largest absolute Gasteiger partial charge is 0.455 e. The van der Waals surface area contributed by atoms with E-state index in [1.54, 1.807) is 0 Å². The number of hydrogen-bond acceptors (Lipinski definition) is 2. The third-order valence-electron chi connectivity index (χ3n) is 2.41. The van der Waals surface area contributed by atoms with Crippen LogP contribution in [-0.4, -0.2) is 11.6 Å². The van der Waals surface area contributed by atoms with Gasteiger partial charge >= 0.3 is 5.97 Å². The second kappa shape index (κ2) is 3.99. The molecule has 0 radical (unpaired) electrons. The highest BCUT2D eigenvalue weighted by Crippen LogP contribution is 2.27. The zero-order valence-corrected chi connectivity index (χ0v) is 9.33. The molecule has 0 amide bonds. The minimum atomic E-state index is -0.440. The van der Waals surface area contributed by atoms with E-state index in [9.17, 15) is 4.79 Å². The van der Waals surface area contributed by atoms with Crippen LogP contribution < -0.4 is 0 Å². The highest BCUT2D eigenvalue weighted by molar-refractivity contribution is 5.67. The maximum atomic E-state index is 10.9. The third kappa shape index (κ3) is 2.72. The van der Waals surface area contributed by atoms with Gasteiger partial charge < -0.3 is 4.74 Å². The maximum Gasteiger partial charge on any atom is 0.303 e. The van der Waals surface area contributed by atoms with Crippen LogP contribution in [0, 0.1) is 5.92 Å². The Morgan fingerprint density at radius 2 is 2.21 bits per heavy atom. The second-order valence-electron chi connectivity index (χ2n) is 4.30. The third-order valence-corrected chi connectivity index (χ3v) is 2.41. The molecule has 0 aliphatic heterocycles. The van der Waals surface area contributed by atoms with Crippen molar-refractivity contribution in [1.29, 1.82) is 0 Å². The van der Waals surface area contributed by atoms with Crippen molar-refractivity contribution in [2.75, 3.05) is 0 Å². The van der Waals surface area contributed by atoms with Gasteiger partial charge in [-0.05, 0) is 24.5 Å². The Bertz CT molecular complexity index is 287. The molecular formula is C12H18O2. The summed E-state index contributed by atoms with van der Waals surface area (Å²) >= 11 is 0. The number of allylic oxidation sites excluding steroid dienone is 2. The van der Waals surface area contributed by atoms with E-state index >= 15 is 0 Å². The van der Waals surface area contributed by atoms with Gasteiger partial charge in [-0.25, -0.2) is 0 Å². The van der Waals surface area contributed by atoms with E-state index in [0.717, 1.165) is 6.42 Å². The zero-order chi connectivity index (χ0) is 10.8. The molecule has 1 unspecified atom stereocenters. The van der Waals surface area contributed by atoms with E-state index < -0.39 is 5.60 Å². The van der Waals surface area contributed by atoms with Gasteiger partial charge in [0.15, 0.2) is 0 Å². The molecule has 14 heavy (non-hydrogen) atoms. The molecule has 1 aliphatic rings. The Morgan fingerprint density at radius 1 is 1.57 bits per heavy atom. The first kappa shape index (κ1) is 11.0. The summed E-state index contributed by atoms with van der Waals surface area (Å²) < 4.78 is 5.24. The van der Waals surface area contributed by atoms with Gasteiger partial charge in [-0.3, -0.25) is 4.79 Å². The summed E-state index contributed by atoms with van der Waals surface area (Å²) in [5, 5.41) is 0. The van der Waals surface area contributed by atoms with Gasteiger partial charge in [0.05, 0.1) is 0 Å². The van der Waals surface area contributed by atoms with Crippen LogP contribution >= 0.6 is 0 Å². The van der Waals surface area contributed by atoms with E-state index in [1.807, 2.05) is 13.0 Å². The molecule has 0 heterocycles. The maximum absolute atomic E-state index is 10.9. The minimum absolute atomic E-state index is 0.224. The molecule has 0 saturated heterocycles. The number of hydrogen-bond donors (Lipinski definition) is 0. The summed E-state index contributed by atoms with van der Waals surface area (Å²) in [7, 11) is 0. The number of rotatable bonds is 2. The summed E-state index contributed by atoms with van der Waals surface area (Å²) in [6.45, 7) is 7.69. The van der Waals surface area contributed by atoms with Crippen molar-refractivity contribution in [3.8, 4) is 0 Å². The predicted octanol–water partition coefficient (Wildman–Crippen LogP) is 2.85. The quantitative estimate of drug-likeness (QED) is 0.632. The van der Waals surface area contributed by atoms with Gasteiger partial charge in [0, 0.05) is 13.3 Å². The monoisotopic (exact) mass is 194 g/mol. The first-order valence-electron chi connectivity index (χ1n) is 5.02. The fourth-order valence-electron chi connectivity index (χ4n) is 1.56. The van der Waals surface area contributed by atoms with Crippen LogP contribution in [-0.2, 0) is 9.53 Å². The van der Waals surface area contributed by atoms with Crippen LogP contribution in [0.3, 0.4) is 0 Å². The van der Waals surface area contributed by atoms with Gasteiger partial charge in [0.25, 0.3) is 0 Å². The molecule has 0 aromatic carbocycles. The number of ether oxygens (including phenoxy) is 1. The van der Waals surface area contributed by atoms with Crippen LogP contribution in [0.4, 0.5) is 0 Å². The van der Waals surface area contributed by atoms with Gasteiger partial charge in [0.1, 0.15) is 5.60 Å². The highest BCUT2D eigenvalue weighted by Gasteiger charge is 2.25. The lowest BCUT2D eigenvalue weighted by Gasteiger charge is -2.28. The Balaban J connectivity index is 2.67. The normalized spacial score (nSPS) is 26.2. The molecule has 0 bridgehead atoms. The molecule has 0 aromatic heterocycles. The lowest BCUT2D eigenvalue weighted by atomic mass is 9.89. The Labute approximate surface area is 85.6 Å². The summed E-state index contributed by atoms with van der Waals surface area (Å²) in [5.74, 6) is 0.312. The van der Waals surface area contributed by atoms with Crippen molar-refractivity contribution in [3.63, 3.8) is 0 Å². The van der Waals surface area contributed by atoms with E-state index in [0.29, 0.717) is 5.92 Å². The summed E-state index contributed by atoms with van der Waals surface area (Å²) in [6.07, 6.45) is 6.95. The molecule has 1 rings (SSSR count). The fraction of sp³-hybridized carbons (Fsp3) is 0.583. The molecule has 1 atom stereocenters. The summed E-state index contributed by atoms with van der Waals surface area (Å²) in [6, 6.07) is 0. The molecule has 2 heteroatoms. The van der Waals surface area contributed by atoms with Gasteiger partial charge in [-0.1, -0.05) is 26.0 Å². The SMILES string of the molecule is CC(=O)OC1(C)C=CC(C(C)C)=CC1. The van der Waals surface area contributed by atoms with Crippen molar-refractivity contribution in [2.24, 2.45) is 5.92 Å². The second-order valence-corrected chi connectivity index (χ2v) is 4.30. The first-order valence-corrected chi connectivity index (χ1v) is 5.02. The van der Waals surface area contributed by atoms with Crippen LogP contribution in [0.15, 0.2) is 23.8 Å². The average molecular weight is 194 g/mol. The number of carbonyl (C=O) groups is 1. The van der Waals surface area contributed by atoms with Crippen LogP contribution in [0.1, 0.15) is 34.1 Å². The molecule has 1 aliphatic carbocycles. The van der Waals surface area contributed by atoms with E-state index in [4.69, 9.17) is 4.74 Å². The smallest absolute Gasteiger partial charge is 0.303 e. The molecule has 2 nitrogen and oxygen atoms in total. The summed E-state index contributed by atoms with van der Waals surface area (Å²) in [5.41, 5.74) is 0.874. The van der Waals surface area contributed by atoms with E-state index in [1.165, 1.54) is 12.5 Å². The average Bonchev–Trinajstić information content (AvgIpc) is 2.02. The molecule has 78 valence electrons. The Kier molecular flexibility index (Phi) is 3.14. The fourth-order valence-corrected chi connectivity index (χ4v) is 1.56. The van der Waals surface area contributed by atoms with Crippen molar-refractivity contribution in [1.82, 2.24) is 0 Å². The lowest BCUT2D eigenvalue weighted by Crippen LogP contribution is -2.29.